The number of hydrogen-bond acceptors (Lipinski definition) is 7. The molecule has 1 aliphatic rings. The van der Waals surface area contributed by atoms with Gasteiger partial charge in [-0.05, 0) is 35.4 Å². The van der Waals surface area contributed by atoms with Gasteiger partial charge in [0, 0.05) is 30.6 Å². The molecule has 2 aromatic carbocycles. The Morgan fingerprint density at radius 2 is 1.86 bits per heavy atom. The number of carbonyl (C=O) groups excluding carboxylic acids is 1. The van der Waals surface area contributed by atoms with E-state index in [1.165, 1.54) is 48.8 Å². The molecule has 0 saturated carbocycles. The van der Waals surface area contributed by atoms with Crippen molar-refractivity contribution >= 4 is 27.7 Å². The van der Waals surface area contributed by atoms with Gasteiger partial charge in [0.1, 0.15) is 5.69 Å². The Bertz CT molecular complexity index is 1460. The number of nitrogens with two attached hydrogens (primary N) is 2. The van der Waals surface area contributed by atoms with Crippen molar-refractivity contribution in [2.45, 2.75) is 23.9 Å². The maximum atomic E-state index is 13.3. The van der Waals surface area contributed by atoms with Gasteiger partial charge in [-0.25, -0.2) is 23.2 Å². The molecular weight excluding hydrogens is 499 g/mol. The lowest BCUT2D eigenvalue weighted by Gasteiger charge is -2.19. The number of alkyl halides is 3. The van der Waals surface area contributed by atoms with Gasteiger partial charge in [-0.15, -0.1) is 0 Å². The highest BCUT2D eigenvalue weighted by atomic mass is 32.2. The number of aliphatic imine (C=N–C) groups is 1. The molecule has 0 saturated heterocycles. The Morgan fingerprint density at radius 1 is 1.14 bits per heavy atom. The van der Waals surface area contributed by atoms with Crippen molar-refractivity contribution in [3.63, 3.8) is 0 Å². The van der Waals surface area contributed by atoms with E-state index in [4.69, 9.17) is 10.9 Å². The average molecular weight is 520 g/mol. The highest BCUT2D eigenvalue weighted by Crippen LogP contribution is 2.30. The number of nitrogens with zero attached hydrogens (tertiary/aromatic N) is 3. The maximum absolute atomic E-state index is 13.3. The Kier molecular flexibility index (Phi) is 6.67. The predicted molar refractivity (Wildman–Crippen MR) is 125 cm³/mol. The Hall–Kier alpha value is -4.01. The highest BCUT2D eigenvalue weighted by Gasteiger charge is 2.36. The summed E-state index contributed by atoms with van der Waals surface area (Å²) in [6.07, 6.45) is -2.79. The third-order valence-corrected chi connectivity index (χ3v) is 6.10. The molecule has 2 heterocycles. The molecule has 1 unspecified atom stereocenters. The van der Waals surface area contributed by atoms with Crippen LogP contribution in [0, 0.1) is 0 Å². The largest absolute Gasteiger partial charge is 0.435 e. The molecule has 1 aliphatic heterocycles. The lowest BCUT2D eigenvalue weighted by atomic mass is 10.1. The second kappa shape index (κ2) is 9.56. The van der Waals surface area contributed by atoms with Crippen LogP contribution < -0.4 is 21.5 Å². The van der Waals surface area contributed by atoms with Crippen LogP contribution in [-0.4, -0.2) is 36.6 Å². The summed E-state index contributed by atoms with van der Waals surface area (Å²) in [5.74, 6) is -0.847. The van der Waals surface area contributed by atoms with Crippen LogP contribution in [0.4, 0.5) is 13.2 Å². The minimum atomic E-state index is -4.76. The number of amides is 1. The van der Waals surface area contributed by atoms with E-state index in [1.54, 1.807) is 12.1 Å². The Labute approximate surface area is 203 Å². The van der Waals surface area contributed by atoms with E-state index >= 15 is 0 Å². The smallest absolute Gasteiger partial charge is 0.353 e. The van der Waals surface area contributed by atoms with Gasteiger partial charge >= 0.3 is 6.18 Å². The molecule has 3 aromatic rings. The maximum Gasteiger partial charge on any atom is 0.435 e. The van der Waals surface area contributed by atoms with Gasteiger partial charge in [0.15, 0.2) is 12.0 Å². The van der Waals surface area contributed by atoms with Crippen LogP contribution in [0.3, 0.4) is 0 Å². The van der Waals surface area contributed by atoms with Gasteiger partial charge < -0.3 is 16.4 Å². The zero-order valence-electron chi connectivity index (χ0n) is 18.4. The summed E-state index contributed by atoms with van der Waals surface area (Å²) in [6, 6.07) is 12.8. The van der Waals surface area contributed by atoms with E-state index in [0.717, 1.165) is 4.68 Å². The fraction of sp³-hybridized carbons (Fsp3) is 0.136. The summed E-state index contributed by atoms with van der Waals surface area (Å²) in [5, 5.41) is 14.0. The molecule has 0 radical (unpaired) electrons. The molecule has 0 spiro atoms. The van der Waals surface area contributed by atoms with Crippen LogP contribution >= 0.6 is 0 Å². The molecule has 188 valence electrons. The second-order valence-electron chi connectivity index (χ2n) is 7.69. The van der Waals surface area contributed by atoms with Crippen LogP contribution in [0.2, 0.25) is 0 Å². The molecule has 4 rings (SSSR count). The van der Waals surface area contributed by atoms with Crippen molar-refractivity contribution < 1.29 is 26.4 Å². The van der Waals surface area contributed by atoms with Crippen molar-refractivity contribution in [1.29, 1.82) is 0 Å². The highest BCUT2D eigenvalue weighted by molar-refractivity contribution is 7.89. The van der Waals surface area contributed by atoms with E-state index in [9.17, 15) is 26.4 Å². The first-order chi connectivity index (χ1) is 17.0. The third-order valence-electron chi connectivity index (χ3n) is 5.17. The SMILES string of the molecule is NCc1cccc(-n2nc(C(F)(F)F)cc2C(=O)NC2N=CC(c3ccc(S(N)(=O)=O)cc3)=CN2)c1. The fourth-order valence-corrected chi connectivity index (χ4v) is 3.88. The van der Waals surface area contributed by atoms with Crippen LogP contribution in [-0.2, 0) is 22.7 Å². The summed E-state index contributed by atoms with van der Waals surface area (Å²) in [7, 11) is -3.83. The molecule has 36 heavy (non-hydrogen) atoms. The molecule has 1 amide bonds. The van der Waals surface area contributed by atoms with Crippen molar-refractivity contribution in [3.05, 3.63) is 83.3 Å². The zero-order chi connectivity index (χ0) is 26.1. The van der Waals surface area contributed by atoms with Crippen molar-refractivity contribution in [1.82, 2.24) is 20.4 Å². The van der Waals surface area contributed by atoms with E-state index < -0.39 is 34.1 Å². The molecule has 0 aliphatic carbocycles. The van der Waals surface area contributed by atoms with Crippen LogP contribution in [0.25, 0.3) is 11.3 Å². The lowest BCUT2D eigenvalue weighted by Crippen LogP contribution is -2.43. The fourth-order valence-electron chi connectivity index (χ4n) is 3.37. The molecule has 1 atom stereocenters. The number of primary sulfonamides is 1. The van der Waals surface area contributed by atoms with Gasteiger partial charge in [0.25, 0.3) is 5.91 Å². The van der Waals surface area contributed by atoms with Crippen molar-refractivity contribution in [2.24, 2.45) is 15.9 Å². The number of carbonyl (C=O) groups is 1. The van der Waals surface area contributed by atoms with Gasteiger partial charge in [-0.3, -0.25) is 4.79 Å². The standard InChI is InChI=1S/C22H20F3N7O3S/c23-22(24,25)19-9-18(32(31-19)16-3-1-2-13(8-16)10-26)20(33)30-21-28-11-15(12-29-21)14-4-6-17(7-5-14)36(27,34)35/h1-9,11-12,21,28H,10,26H2,(H,30,33)(H2,27,34,35). The molecule has 0 fully saturated rings. The number of aromatic nitrogens is 2. The van der Waals surface area contributed by atoms with E-state index in [2.05, 4.69) is 20.7 Å². The number of halogens is 3. The molecule has 1 aromatic heterocycles. The molecule has 10 nitrogen and oxygen atoms in total. The first kappa shape index (κ1) is 25.1. The molecule has 14 heteroatoms. The third kappa shape index (κ3) is 5.45. The van der Waals surface area contributed by atoms with Crippen molar-refractivity contribution in [3.8, 4) is 5.69 Å². The number of nitrogens with one attached hydrogen (secondary N) is 2. The second-order valence-corrected chi connectivity index (χ2v) is 9.25. The minimum Gasteiger partial charge on any atom is -0.353 e. The van der Waals surface area contributed by atoms with Crippen LogP contribution in [0.15, 0.2) is 70.7 Å². The predicted octanol–water partition coefficient (Wildman–Crippen LogP) is 1.73. The normalized spacial score (nSPS) is 15.8. The summed E-state index contributed by atoms with van der Waals surface area (Å²) in [4.78, 5) is 17.0. The Balaban J connectivity index is 1.53. The number of hydrogen-bond donors (Lipinski definition) is 4. The van der Waals surface area contributed by atoms with Crippen LogP contribution in [0.5, 0.6) is 0 Å². The number of rotatable bonds is 6. The monoisotopic (exact) mass is 519 g/mol. The summed E-state index contributed by atoms with van der Waals surface area (Å²) < 4.78 is 63.7. The zero-order valence-corrected chi connectivity index (χ0v) is 19.2. The summed E-state index contributed by atoms with van der Waals surface area (Å²) >= 11 is 0. The van der Waals surface area contributed by atoms with Crippen molar-refractivity contribution in [2.75, 3.05) is 0 Å². The van der Waals surface area contributed by atoms with Gasteiger partial charge in [0.05, 0.1) is 10.6 Å². The van der Waals surface area contributed by atoms with E-state index in [-0.39, 0.29) is 22.8 Å². The molecular formula is C22H20F3N7O3S. The van der Waals surface area contributed by atoms with E-state index in [1.807, 2.05) is 0 Å². The number of allylic oxidation sites excluding steroid dienone is 1. The van der Waals surface area contributed by atoms with Gasteiger partial charge in [-0.2, -0.15) is 18.3 Å². The van der Waals surface area contributed by atoms with Crippen LogP contribution in [0.1, 0.15) is 27.3 Å². The summed E-state index contributed by atoms with van der Waals surface area (Å²) in [5.41, 5.74) is 6.13. The lowest BCUT2D eigenvalue weighted by molar-refractivity contribution is -0.141. The molecule has 6 N–H and O–H groups in total. The first-order valence-electron chi connectivity index (χ1n) is 10.4. The van der Waals surface area contributed by atoms with Gasteiger partial charge in [0.2, 0.25) is 10.0 Å². The Morgan fingerprint density at radius 3 is 2.44 bits per heavy atom. The first-order valence-corrected chi connectivity index (χ1v) is 11.9. The van der Waals surface area contributed by atoms with Gasteiger partial charge in [-0.1, -0.05) is 24.3 Å². The molecule has 0 bridgehead atoms. The minimum absolute atomic E-state index is 0.0514. The number of benzene rings is 2. The quantitative estimate of drug-likeness (QED) is 0.388. The van der Waals surface area contributed by atoms with E-state index in [0.29, 0.717) is 22.8 Å². The topological polar surface area (TPSA) is 157 Å². The number of sulfonamides is 1. The average Bonchev–Trinajstić information content (AvgIpc) is 3.31. The summed E-state index contributed by atoms with van der Waals surface area (Å²) in [6.45, 7) is 0.156.